The van der Waals surface area contributed by atoms with E-state index in [0.717, 1.165) is 0 Å². The van der Waals surface area contributed by atoms with Crippen molar-refractivity contribution in [2.75, 3.05) is 13.1 Å². The molecule has 2 fully saturated rings. The lowest BCUT2D eigenvalue weighted by Gasteiger charge is -2.34. The van der Waals surface area contributed by atoms with Gasteiger partial charge in [0.05, 0.1) is 11.0 Å². The van der Waals surface area contributed by atoms with Gasteiger partial charge in [-0.3, -0.25) is 0 Å². The van der Waals surface area contributed by atoms with Crippen molar-refractivity contribution < 1.29 is 13.5 Å². The van der Waals surface area contributed by atoms with Crippen LogP contribution in [0.4, 0.5) is 0 Å². The lowest BCUT2D eigenvalue weighted by Crippen LogP contribution is -2.39. The molecule has 1 aromatic carbocycles. The Labute approximate surface area is 118 Å². The van der Waals surface area contributed by atoms with Crippen molar-refractivity contribution in [3.8, 4) is 0 Å². The second kappa shape index (κ2) is 4.45. The van der Waals surface area contributed by atoms with Gasteiger partial charge in [0.1, 0.15) is 0 Å². The molecule has 6 heteroatoms. The van der Waals surface area contributed by atoms with Crippen LogP contribution in [-0.2, 0) is 10.0 Å². The van der Waals surface area contributed by atoms with E-state index < -0.39 is 10.0 Å². The van der Waals surface area contributed by atoms with Crippen molar-refractivity contribution in [2.45, 2.75) is 24.3 Å². The standard InChI is InChI=1S/C13H16ClNO3S/c1-8-11(14)3-2-4-13(8)19(17,18)15-6-9-5-12(16)10(9)7-15/h2-4,9-10,12,16H,5-7H2,1H3/t9-,10+,12-/m1/s1. The summed E-state index contributed by atoms with van der Waals surface area (Å²) in [5, 5.41) is 10.1. The number of nitrogens with zero attached hydrogens (tertiary/aromatic N) is 1. The van der Waals surface area contributed by atoms with E-state index in [1.165, 1.54) is 4.31 Å². The topological polar surface area (TPSA) is 57.6 Å². The average Bonchev–Trinajstić information content (AvgIpc) is 2.70. The quantitative estimate of drug-likeness (QED) is 0.903. The Morgan fingerprint density at radius 1 is 1.37 bits per heavy atom. The lowest BCUT2D eigenvalue weighted by molar-refractivity contribution is -0.00416. The minimum absolute atomic E-state index is 0.106. The predicted octanol–water partition coefficient (Wildman–Crippen LogP) is 1.65. The summed E-state index contributed by atoms with van der Waals surface area (Å²) in [5.41, 5.74) is 0.587. The first-order valence-corrected chi connectivity index (χ1v) is 8.16. The molecule has 104 valence electrons. The second-order valence-corrected chi connectivity index (χ2v) is 7.73. The number of fused-ring (bicyclic) bond motifs is 1. The Morgan fingerprint density at radius 2 is 2.11 bits per heavy atom. The number of aliphatic hydroxyl groups excluding tert-OH is 1. The number of aliphatic hydroxyl groups is 1. The maximum absolute atomic E-state index is 12.6. The largest absolute Gasteiger partial charge is 0.393 e. The van der Waals surface area contributed by atoms with E-state index in [1.807, 2.05) is 0 Å². The second-order valence-electron chi connectivity index (χ2n) is 5.41. The van der Waals surface area contributed by atoms with Gasteiger partial charge in [-0.05, 0) is 37.0 Å². The van der Waals surface area contributed by atoms with Gasteiger partial charge in [0.25, 0.3) is 0 Å². The van der Waals surface area contributed by atoms with E-state index in [2.05, 4.69) is 0 Å². The molecule has 1 heterocycles. The van der Waals surface area contributed by atoms with Crippen LogP contribution in [0.1, 0.15) is 12.0 Å². The molecule has 3 rings (SSSR count). The fourth-order valence-corrected chi connectivity index (χ4v) is 5.04. The molecule has 1 saturated carbocycles. The predicted molar refractivity (Wildman–Crippen MR) is 72.6 cm³/mol. The monoisotopic (exact) mass is 301 g/mol. The number of rotatable bonds is 2. The van der Waals surface area contributed by atoms with Crippen molar-refractivity contribution in [1.82, 2.24) is 4.31 Å². The van der Waals surface area contributed by atoms with Crippen LogP contribution >= 0.6 is 11.6 Å². The molecule has 0 radical (unpaired) electrons. The van der Waals surface area contributed by atoms with Crippen molar-refractivity contribution in [3.63, 3.8) is 0 Å². The minimum Gasteiger partial charge on any atom is -0.393 e. The molecule has 1 N–H and O–H groups in total. The third kappa shape index (κ3) is 2.00. The molecule has 3 atom stereocenters. The summed E-state index contributed by atoms with van der Waals surface area (Å²) >= 11 is 6.00. The molecule has 2 aliphatic rings. The highest BCUT2D eigenvalue weighted by Gasteiger charge is 2.49. The summed E-state index contributed by atoms with van der Waals surface area (Å²) < 4.78 is 26.7. The molecule has 0 unspecified atom stereocenters. The first-order chi connectivity index (χ1) is 8.91. The van der Waals surface area contributed by atoms with Gasteiger partial charge in [0, 0.05) is 24.0 Å². The molecule has 0 amide bonds. The van der Waals surface area contributed by atoms with Crippen LogP contribution in [0.2, 0.25) is 5.02 Å². The molecule has 1 aromatic rings. The summed E-state index contributed by atoms with van der Waals surface area (Å²) in [4.78, 5) is 0.274. The first kappa shape index (κ1) is 13.4. The normalized spacial score (nSPS) is 31.0. The third-order valence-electron chi connectivity index (χ3n) is 4.33. The van der Waals surface area contributed by atoms with E-state index in [1.54, 1.807) is 25.1 Å². The van der Waals surface area contributed by atoms with Gasteiger partial charge in [0.15, 0.2) is 0 Å². The van der Waals surface area contributed by atoms with Crippen LogP contribution in [0, 0.1) is 18.8 Å². The number of sulfonamides is 1. The fraction of sp³-hybridized carbons (Fsp3) is 0.538. The highest BCUT2D eigenvalue weighted by Crippen LogP contribution is 2.43. The molecule has 1 saturated heterocycles. The fourth-order valence-electron chi connectivity index (χ4n) is 3.03. The Balaban J connectivity index is 1.93. The van der Waals surface area contributed by atoms with Crippen LogP contribution < -0.4 is 0 Å². The van der Waals surface area contributed by atoms with Crippen LogP contribution in [0.15, 0.2) is 23.1 Å². The summed E-state index contributed by atoms with van der Waals surface area (Å²) in [7, 11) is -3.50. The van der Waals surface area contributed by atoms with Crippen molar-refractivity contribution >= 4 is 21.6 Å². The van der Waals surface area contributed by atoms with Crippen molar-refractivity contribution in [1.29, 1.82) is 0 Å². The summed E-state index contributed by atoms with van der Waals surface area (Å²) in [6, 6.07) is 4.93. The Kier molecular flexibility index (Phi) is 3.13. The minimum atomic E-state index is -3.50. The van der Waals surface area contributed by atoms with Crippen LogP contribution in [0.5, 0.6) is 0 Å². The molecule has 1 aliphatic carbocycles. The number of benzene rings is 1. The molecular formula is C13H16ClNO3S. The van der Waals surface area contributed by atoms with Gasteiger partial charge < -0.3 is 5.11 Å². The zero-order valence-electron chi connectivity index (χ0n) is 10.6. The number of halogens is 1. The smallest absolute Gasteiger partial charge is 0.243 e. The highest BCUT2D eigenvalue weighted by molar-refractivity contribution is 7.89. The molecule has 0 spiro atoms. The van der Waals surface area contributed by atoms with Gasteiger partial charge in [-0.15, -0.1) is 0 Å². The summed E-state index contributed by atoms with van der Waals surface area (Å²) in [6.07, 6.45) is 0.372. The van der Waals surface area contributed by atoms with Crippen LogP contribution in [0.25, 0.3) is 0 Å². The number of hydrogen-bond donors (Lipinski definition) is 1. The SMILES string of the molecule is Cc1c(Cl)cccc1S(=O)(=O)N1C[C@H]2C[C@@H](O)[C@H]2C1. The molecule has 4 nitrogen and oxygen atoms in total. The third-order valence-corrected chi connectivity index (χ3v) is 6.72. The van der Waals surface area contributed by atoms with Crippen LogP contribution in [-0.4, -0.2) is 37.0 Å². The zero-order valence-corrected chi connectivity index (χ0v) is 12.2. The van der Waals surface area contributed by atoms with E-state index in [4.69, 9.17) is 11.6 Å². The van der Waals surface area contributed by atoms with E-state index >= 15 is 0 Å². The number of hydrogen-bond acceptors (Lipinski definition) is 3. The van der Waals surface area contributed by atoms with Gasteiger partial charge in [-0.2, -0.15) is 4.31 Å². The highest BCUT2D eigenvalue weighted by atomic mass is 35.5. The molecular weight excluding hydrogens is 286 g/mol. The average molecular weight is 302 g/mol. The maximum Gasteiger partial charge on any atom is 0.243 e. The van der Waals surface area contributed by atoms with Crippen molar-refractivity contribution in [2.24, 2.45) is 11.8 Å². The maximum atomic E-state index is 12.6. The zero-order chi connectivity index (χ0) is 13.8. The Bertz CT molecular complexity index is 616. The Morgan fingerprint density at radius 3 is 2.74 bits per heavy atom. The van der Waals surface area contributed by atoms with Gasteiger partial charge in [-0.1, -0.05) is 17.7 Å². The first-order valence-electron chi connectivity index (χ1n) is 6.34. The van der Waals surface area contributed by atoms with Gasteiger partial charge >= 0.3 is 0 Å². The molecule has 1 aliphatic heterocycles. The van der Waals surface area contributed by atoms with Crippen molar-refractivity contribution in [3.05, 3.63) is 28.8 Å². The molecule has 0 bridgehead atoms. The van der Waals surface area contributed by atoms with Crippen LogP contribution in [0.3, 0.4) is 0 Å². The van der Waals surface area contributed by atoms with E-state index in [9.17, 15) is 13.5 Å². The van der Waals surface area contributed by atoms with Gasteiger partial charge in [-0.25, -0.2) is 8.42 Å². The lowest BCUT2D eigenvalue weighted by atomic mass is 9.74. The molecule has 0 aromatic heterocycles. The van der Waals surface area contributed by atoms with Gasteiger partial charge in [0.2, 0.25) is 10.0 Å². The summed E-state index contributed by atoms with van der Waals surface area (Å²) in [6.45, 7) is 2.64. The summed E-state index contributed by atoms with van der Waals surface area (Å²) in [5.74, 6) is 0.415. The van der Waals surface area contributed by atoms with E-state index in [0.29, 0.717) is 36.0 Å². The Hall–Kier alpha value is -0.620. The van der Waals surface area contributed by atoms with E-state index in [-0.39, 0.29) is 16.9 Å². The molecule has 19 heavy (non-hydrogen) atoms.